The monoisotopic (exact) mass is 299 g/mol. The van der Waals surface area contributed by atoms with Gasteiger partial charge in [-0.1, -0.05) is 19.9 Å². The number of benzene rings is 1. The van der Waals surface area contributed by atoms with E-state index in [-0.39, 0.29) is 30.3 Å². The van der Waals surface area contributed by atoms with E-state index in [0.717, 1.165) is 5.56 Å². The molecule has 0 spiro atoms. The van der Waals surface area contributed by atoms with E-state index in [2.05, 4.69) is 5.32 Å². The highest BCUT2D eigenvalue weighted by Crippen LogP contribution is 2.34. The minimum atomic E-state index is -3.09. The van der Waals surface area contributed by atoms with Crippen LogP contribution in [0.3, 0.4) is 0 Å². The van der Waals surface area contributed by atoms with Gasteiger partial charge in [-0.15, -0.1) is 0 Å². The fourth-order valence-corrected chi connectivity index (χ4v) is 4.32. The van der Waals surface area contributed by atoms with E-state index in [1.165, 1.54) is 0 Å². The molecule has 1 N–H and O–H groups in total. The summed E-state index contributed by atoms with van der Waals surface area (Å²) >= 11 is 0. The van der Waals surface area contributed by atoms with Gasteiger partial charge in [-0.25, -0.2) is 8.42 Å². The Bertz CT molecular complexity index is 569. The maximum atomic E-state index is 12.1. The summed E-state index contributed by atoms with van der Waals surface area (Å²) in [7, 11) is -1.32. The molecular weight excluding hydrogens is 278 g/mol. The van der Waals surface area contributed by atoms with Gasteiger partial charge >= 0.3 is 0 Å². The largest absolute Gasteiger partial charge is 0.454 e. The van der Waals surface area contributed by atoms with Crippen LogP contribution in [0.15, 0.2) is 18.2 Å². The first-order chi connectivity index (χ1) is 9.41. The number of fused-ring (bicyclic) bond motifs is 1. The van der Waals surface area contributed by atoms with Gasteiger partial charge in [0.15, 0.2) is 21.3 Å². The predicted molar refractivity (Wildman–Crippen MR) is 77.9 cm³/mol. The lowest BCUT2D eigenvalue weighted by Gasteiger charge is -2.18. The van der Waals surface area contributed by atoms with Crippen molar-refractivity contribution in [3.05, 3.63) is 23.8 Å². The van der Waals surface area contributed by atoms with Crippen LogP contribution in [0.2, 0.25) is 0 Å². The molecule has 1 unspecified atom stereocenters. The molecule has 1 heterocycles. The topological polar surface area (TPSA) is 64.6 Å². The average Bonchev–Trinajstić information content (AvgIpc) is 2.81. The Kier molecular flexibility index (Phi) is 4.55. The summed E-state index contributed by atoms with van der Waals surface area (Å²) in [5.74, 6) is 1.80. The van der Waals surface area contributed by atoms with Gasteiger partial charge in [0.05, 0.1) is 11.5 Å². The molecule has 0 aromatic heterocycles. The van der Waals surface area contributed by atoms with Crippen LogP contribution in [-0.4, -0.2) is 33.8 Å². The minimum Gasteiger partial charge on any atom is -0.454 e. The first kappa shape index (κ1) is 15.1. The zero-order valence-electron chi connectivity index (χ0n) is 12.0. The summed E-state index contributed by atoms with van der Waals surface area (Å²) in [6.45, 7) is 4.04. The van der Waals surface area contributed by atoms with Crippen molar-refractivity contribution in [2.75, 3.05) is 25.3 Å². The molecule has 0 saturated carbocycles. The molecule has 1 aliphatic heterocycles. The lowest BCUT2D eigenvalue weighted by atomic mass is 10.1. The van der Waals surface area contributed by atoms with E-state index < -0.39 is 9.84 Å². The summed E-state index contributed by atoms with van der Waals surface area (Å²) < 4.78 is 34.8. The van der Waals surface area contributed by atoms with Gasteiger partial charge in [-0.3, -0.25) is 0 Å². The molecule has 2 rings (SSSR count). The first-order valence-corrected chi connectivity index (χ1v) is 8.50. The maximum absolute atomic E-state index is 12.1. The Morgan fingerprint density at radius 3 is 2.55 bits per heavy atom. The van der Waals surface area contributed by atoms with E-state index in [1.54, 1.807) is 7.05 Å². The Morgan fingerprint density at radius 1 is 1.20 bits per heavy atom. The smallest absolute Gasteiger partial charge is 0.231 e. The molecule has 0 aliphatic carbocycles. The number of hydrogen-bond donors (Lipinski definition) is 1. The molecule has 1 aromatic rings. The predicted octanol–water partition coefficient (Wildman–Crippen LogP) is 1.75. The molecule has 20 heavy (non-hydrogen) atoms. The van der Waals surface area contributed by atoms with E-state index in [0.29, 0.717) is 11.5 Å². The lowest BCUT2D eigenvalue weighted by Crippen LogP contribution is -2.27. The fourth-order valence-electron chi connectivity index (χ4n) is 2.31. The first-order valence-electron chi connectivity index (χ1n) is 6.68. The number of rotatable bonds is 6. The van der Waals surface area contributed by atoms with Gasteiger partial charge in [-0.05, 0) is 30.7 Å². The summed E-state index contributed by atoms with van der Waals surface area (Å²) in [5.41, 5.74) is 0.893. The molecule has 0 amide bonds. The molecule has 6 heteroatoms. The van der Waals surface area contributed by atoms with Gasteiger partial charge in [0.25, 0.3) is 0 Å². The van der Waals surface area contributed by atoms with E-state index in [4.69, 9.17) is 9.47 Å². The molecule has 1 aliphatic rings. The molecule has 0 saturated heterocycles. The van der Waals surface area contributed by atoms with Gasteiger partial charge in [0, 0.05) is 6.04 Å². The van der Waals surface area contributed by atoms with E-state index in [1.807, 2.05) is 32.0 Å². The van der Waals surface area contributed by atoms with E-state index in [9.17, 15) is 8.42 Å². The van der Waals surface area contributed by atoms with Crippen molar-refractivity contribution in [3.63, 3.8) is 0 Å². The SMILES string of the molecule is CNC(CS(=O)(=O)CC(C)C)c1ccc2c(c1)OCO2. The maximum Gasteiger partial charge on any atom is 0.231 e. The van der Waals surface area contributed by atoms with Crippen LogP contribution in [-0.2, 0) is 9.84 Å². The van der Waals surface area contributed by atoms with Gasteiger partial charge in [-0.2, -0.15) is 0 Å². The third kappa shape index (κ3) is 3.64. The molecule has 5 nitrogen and oxygen atoms in total. The highest BCUT2D eigenvalue weighted by Gasteiger charge is 2.23. The third-order valence-corrected chi connectivity index (χ3v) is 5.17. The second kappa shape index (κ2) is 6.01. The molecule has 0 radical (unpaired) electrons. The lowest BCUT2D eigenvalue weighted by molar-refractivity contribution is 0.174. The average molecular weight is 299 g/mol. The second-order valence-electron chi connectivity index (χ2n) is 5.42. The van der Waals surface area contributed by atoms with Crippen molar-refractivity contribution in [1.82, 2.24) is 5.32 Å². The van der Waals surface area contributed by atoms with Gasteiger partial charge in [0.1, 0.15) is 0 Å². The van der Waals surface area contributed by atoms with Crippen LogP contribution in [0.5, 0.6) is 11.5 Å². The van der Waals surface area contributed by atoms with Crippen LogP contribution in [0.25, 0.3) is 0 Å². The molecule has 1 aromatic carbocycles. The van der Waals surface area contributed by atoms with Gasteiger partial charge < -0.3 is 14.8 Å². The van der Waals surface area contributed by atoms with Crippen molar-refractivity contribution < 1.29 is 17.9 Å². The zero-order chi connectivity index (χ0) is 14.8. The van der Waals surface area contributed by atoms with Crippen molar-refractivity contribution in [2.45, 2.75) is 19.9 Å². The van der Waals surface area contributed by atoms with Crippen LogP contribution in [0, 0.1) is 5.92 Å². The zero-order valence-corrected chi connectivity index (χ0v) is 12.9. The molecule has 112 valence electrons. The quantitative estimate of drug-likeness (QED) is 0.867. The van der Waals surface area contributed by atoms with Crippen molar-refractivity contribution in [3.8, 4) is 11.5 Å². The number of ether oxygens (including phenoxy) is 2. The van der Waals surface area contributed by atoms with Crippen molar-refractivity contribution in [2.24, 2.45) is 5.92 Å². The second-order valence-corrected chi connectivity index (χ2v) is 7.58. The Labute approximate surface area is 120 Å². The molecule has 0 fully saturated rings. The van der Waals surface area contributed by atoms with Crippen LogP contribution < -0.4 is 14.8 Å². The Morgan fingerprint density at radius 2 is 1.90 bits per heavy atom. The summed E-state index contributed by atoms with van der Waals surface area (Å²) in [5, 5.41) is 3.06. The normalized spacial score (nSPS) is 15.6. The van der Waals surface area contributed by atoms with E-state index >= 15 is 0 Å². The summed E-state index contributed by atoms with van der Waals surface area (Å²) in [4.78, 5) is 0. The highest BCUT2D eigenvalue weighted by atomic mass is 32.2. The summed E-state index contributed by atoms with van der Waals surface area (Å²) in [6, 6.07) is 5.29. The molecule has 0 bridgehead atoms. The Hall–Kier alpha value is -1.27. The van der Waals surface area contributed by atoms with Crippen LogP contribution in [0.1, 0.15) is 25.5 Å². The standard InChI is InChI=1S/C14H21NO4S/c1-10(2)7-20(16,17)8-12(15-3)11-4-5-13-14(6-11)19-9-18-13/h4-6,10,12,15H,7-9H2,1-3H3. The number of hydrogen-bond acceptors (Lipinski definition) is 5. The fraction of sp³-hybridized carbons (Fsp3) is 0.571. The van der Waals surface area contributed by atoms with Crippen molar-refractivity contribution in [1.29, 1.82) is 0 Å². The molecular formula is C14H21NO4S. The summed E-state index contributed by atoms with van der Waals surface area (Å²) in [6.07, 6.45) is 0. The Balaban J connectivity index is 2.16. The van der Waals surface area contributed by atoms with Gasteiger partial charge in [0.2, 0.25) is 6.79 Å². The highest BCUT2D eigenvalue weighted by molar-refractivity contribution is 7.91. The van der Waals surface area contributed by atoms with Crippen molar-refractivity contribution >= 4 is 9.84 Å². The minimum absolute atomic E-state index is 0.0846. The number of sulfone groups is 1. The number of nitrogens with one attached hydrogen (secondary N) is 1. The van der Waals surface area contributed by atoms with Crippen LogP contribution in [0.4, 0.5) is 0 Å². The van der Waals surface area contributed by atoms with Crippen LogP contribution >= 0.6 is 0 Å². The third-order valence-electron chi connectivity index (χ3n) is 3.16. The molecule has 1 atom stereocenters.